The van der Waals surface area contributed by atoms with Crippen molar-refractivity contribution in [1.82, 2.24) is 5.32 Å². The van der Waals surface area contributed by atoms with Crippen LogP contribution < -0.4 is 5.32 Å². The molecule has 0 heterocycles. The number of rotatable bonds is 10. The topological polar surface area (TPSA) is 30.5 Å². The predicted molar refractivity (Wildman–Crippen MR) is 82.5 cm³/mol. The van der Waals surface area contributed by atoms with Crippen molar-refractivity contribution in [1.29, 1.82) is 0 Å². The zero-order chi connectivity index (χ0) is 13.9. The molecule has 0 aliphatic rings. The van der Waals surface area contributed by atoms with Crippen LogP contribution in [0, 0.1) is 0 Å². The van der Waals surface area contributed by atoms with E-state index in [0.717, 1.165) is 30.6 Å². The SMILES string of the molecule is CCCNCC(OCCOCC)c1ccccc1Br. The second-order valence-electron chi connectivity index (χ2n) is 4.28. The lowest BCUT2D eigenvalue weighted by atomic mass is 10.1. The Morgan fingerprint density at radius 1 is 1.21 bits per heavy atom. The van der Waals surface area contributed by atoms with Crippen molar-refractivity contribution in [2.75, 3.05) is 32.9 Å². The highest BCUT2D eigenvalue weighted by molar-refractivity contribution is 9.10. The van der Waals surface area contributed by atoms with E-state index in [1.165, 1.54) is 5.56 Å². The molecule has 19 heavy (non-hydrogen) atoms. The molecule has 1 aromatic rings. The number of ether oxygens (including phenoxy) is 2. The molecule has 0 radical (unpaired) electrons. The van der Waals surface area contributed by atoms with Gasteiger partial charge in [-0.3, -0.25) is 0 Å². The Morgan fingerprint density at radius 2 is 2.00 bits per heavy atom. The smallest absolute Gasteiger partial charge is 0.0961 e. The molecule has 1 aromatic carbocycles. The van der Waals surface area contributed by atoms with Crippen LogP contribution in [0.5, 0.6) is 0 Å². The van der Waals surface area contributed by atoms with Crippen molar-refractivity contribution in [3.05, 3.63) is 34.3 Å². The molecule has 0 spiro atoms. The fourth-order valence-corrected chi connectivity index (χ4v) is 2.34. The average Bonchev–Trinajstić information content (AvgIpc) is 2.42. The largest absolute Gasteiger partial charge is 0.379 e. The van der Waals surface area contributed by atoms with E-state index in [4.69, 9.17) is 9.47 Å². The Balaban J connectivity index is 2.55. The summed E-state index contributed by atoms with van der Waals surface area (Å²) in [6.45, 7) is 7.98. The standard InChI is InChI=1S/C15H24BrNO2/c1-3-9-17-12-15(19-11-10-18-4-2)13-7-5-6-8-14(13)16/h5-8,15,17H,3-4,9-12H2,1-2H3. The van der Waals surface area contributed by atoms with Gasteiger partial charge in [-0.2, -0.15) is 0 Å². The number of hydrogen-bond acceptors (Lipinski definition) is 3. The van der Waals surface area contributed by atoms with E-state index in [0.29, 0.717) is 13.2 Å². The lowest BCUT2D eigenvalue weighted by molar-refractivity contribution is 0.00666. The Morgan fingerprint density at radius 3 is 2.68 bits per heavy atom. The molecule has 1 atom stereocenters. The van der Waals surface area contributed by atoms with Gasteiger partial charge in [0.2, 0.25) is 0 Å². The maximum atomic E-state index is 5.94. The highest BCUT2D eigenvalue weighted by Gasteiger charge is 2.14. The highest BCUT2D eigenvalue weighted by atomic mass is 79.9. The van der Waals surface area contributed by atoms with Crippen LogP contribution in [0.4, 0.5) is 0 Å². The first-order valence-electron chi connectivity index (χ1n) is 6.94. The lowest BCUT2D eigenvalue weighted by Crippen LogP contribution is -2.25. The van der Waals surface area contributed by atoms with Gasteiger partial charge in [-0.05, 0) is 31.5 Å². The fourth-order valence-electron chi connectivity index (χ4n) is 1.80. The van der Waals surface area contributed by atoms with E-state index in [-0.39, 0.29) is 6.10 Å². The first kappa shape index (κ1) is 16.6. The monoisotopic (exact) mass is 329 g/mol. The molecule has 108 valence electrons. The van der Waals surface area contributed by atoms with Crippen LogP contribution in [0.1, 0.15) is 31.9 Å². The lowest BCUT2D eigenvalue weighted by Gasteiger charge is -2.20. The molecule has 0 saturated carbocycles. The molecule has 1 N–H and O–H groups in total. The van der Waals surface area contributed by atoms with Crippen LogP contribution >= 0.6 is 15.9 Å². The first-order chi connectivity index (χ1) is 9.29. The van der Waals surface area contributed by atoms with Crippen molar-refractivity contribution in [3.63, 3.8) is 0 Å². The highest BCUT2D eigenvalue weighted by Crippen LogP contribution is 2.25. The predicted octanol–water partition coefficient (Wildman–Crippen LogP) is 3.54. The van der Waals surface area contributed by atoms with Crippen molar-refractivity contribution in [2.24, 2.45) is 0 Å². The normalized spacial score (nSPS) is 12.6. The summed E-state index contributed by atoms with van der Waals surface area (Å²) in [6, 6.07) is 8.21. The van der Waals surface area contributed by atoms with E-state index in [2.05, 4.69) is 34.2 Å². The number of halogens is 1. The van der Waals surface area contributed by atoms with Crippen LogP contribution in [-0.4, -0.2) is 32.9 Å². The minimum atomic E-state index is 0.0579. The van der Waals surface area contributed by atoms with Crippen molar-refractivity contribution < 1.29 is 9.47 Å². The second kappa shape index (κ2) is 10.4. The van der Waals surface area contributed by atoms with Crippen LogP contribution in [0.15, 0.2) is 28.7 Å². The molecule has 3 nitrogen and oxygen atoms in total. The van der Waals surface area contributed by atoms with Crippen molar-refractivity contribution in [3.8, 4) is 0 Å². The number of hydrogen-bond donors (Lipinski definition) is 1. The van der Waals surface area contributed by atoms with E-state index < -0.39 is 0 Å². The quantitative estimate of drug-likeness (QED) is 0.666. The van der Waals surface area contributed by atoms with Gasteiger partial charge < -0.3 is 14.8 Å². The Labute approximate surface area is 124 Å². The molecular weight excluding hydrogens is 306 g/mol. The molecule has 0 fully saturated rings. The van der Waals surface area contributed by atoms with Crippen molar-refractivity contribution in [2.45, 2.75) is 26.4 Å². The molecular formula is C15H24BrNO2. The molecule has 1 unspecified atom stereocenters. The maximum Gasteiger partial charge on any atom is 0.0961 e. The summed E-state index contributed by atoms with van der Waals surface area (Å²) in [5.41, 5.74) is 1.18. The first-order valence-corrected chi connectivity index (χ1v) is 7.73. The molecule has 1 rings (SSSR count). The second-order valence-corrected chi connectivity index (χ2v) is 5.14. The maximum absolute atomic E-state index is 5.94. The summed E-state index contributed by atoms with van der Waals surface area (Å²) in [5.74, 6) is 0. The summed E-state index contributed by atoms with van der Waals surface area (Å²) in [4.78, 5) is 0. The van der Waals surface area contributed by atoms with Crippen LogP contribution in [0.2, 0.25) is 0 Å². The van der Waals surface area contributed by atoms with E-state index in [1.54, 1.807) is 0 Å². The van der Waals surface area contributed by atoms with E-state index >= 15 is 0 Å². The number of nitrogens with one attached hydrogen (secondary N) is 1. The third kappa shape index (κ3) is 6.52. The van der Waals surface area contributed by atoms with Crippen LogP contribution in [0.3, 0.4) is 0 Å². The average molecular weight is 330 g/mol. The molecule has 0 aliphatic carbocycles. The molecule has 4 heteroatoms. The minimum Gasteiger partial charge on any atom is -0.379 e. The summed E-state index contributed by atoms with van der Waals surface area (Å²) in [5, 5.41) is 3.42. The Bertz CT molecular complexity index is 347. The Kier molecular flexibility index (Phi) is 9.08. The zero-order valence-electron chi connectivity index (χ0n) is 11.8. The van der Waals surface area contributed by atoms with E-state index in [1.807, 2.05) is 25.1 Å². The van der Waals surface area contributed by atoms with Gasteiger partial charge in [0, 0.05) is 17.6 Å². The summed E-state index contributed by atoms with van der Waals surface area (Å²) >= 11 is 3.59. The molecule has 0 bridgehead atoms. The van der Waals surface area contributed by atoms with E-state index in [9.17, 15) is 0 Å². The third-order valence-electron chi connectivity index (χ3n) is 2.76. The fraction of sp³-hybridized carbons (Fsp3) is 0.600. The van der Waals surface area contributed by atoms with Crippen LogP contribution in [-0.2, 0) is 9.47 Å². The van der Waals surface area contributed by atoms with Crippen molar-refractivity contribution >= 4 is 15.9 Å². The van der Waals surface area contributed by atoms with Gasteiger partial charge in [0.1, 0.15) is 0 Å². The van der Waals surface area contributed by atoms with Gasteiger partial charge in [-0.15, -0.1) is 0 Å². The zero-order valence-corrected chi connectivity index (χ0v) is 13.4. The molecule has 0 aliphatic heterocycles. The molecule has 0 amide bonds. The minimum absolute atomic E-state index is 0.0579. The van der Waals surface area contributed by atoms with Crippen LogP contribution in [0.25, 0.3) is 0 Å². The summed E-state index contributed by atoms with van der Waals surface area (Å²) < 4.78 is 12.4. The summed E-state index contributed by atoms with van der Waals surface area (Å²) in [6.07, 6.45) is 1.18. The third-order valence-corrected chi connectivity index (χ3v) is 3.48. The van der Waals surface area contributed by atoms with Gasteiger partial charge in [-0.1, -0.05) is 41.1 Å². The number of benzene rings is 1. The van der Waals surface area contributed by atoms with Gasteiger partial charge in [-0.25, -0.2) is 0 Å². The molecule has 0 aromatic heterocycles. The van der Waals surface area contributed by atoms with Gasteiger partial charge in [0.25, 0.3) is 0 Å². The molecule has 0 saturated heterocycles. The Hall–Kier alpha value is -0.420. The van der Waals surface area contributed by atoms with Gasteiger partial charge in [0.15, 0.2) is 0 Å². The van der Waals surface area contributed by atoms with Gasteiger partial charge in [0.05, 0.1) is 19.3 Å². The van der Waals surface area contributed by atoms with Gasteiger partial charge >= 0.3 is 0 Å². The summed E-state index contributed by atoms with van der Waals surface area (Å²) in [7, 11) is 0.